The molecule has 0 unspecified atom stereocenters. The van der Waals surface area contributed by atoms with Gasteiger partial charge in [0.1, 0.15) is 0 Å². The zero-order chi connectivity index (χ0) is 12.8. The summed E-state index contributed by atoms with van der Waals surface area (Å²) in [6.45, 7) is 0.411. The first-order valence-electron chi connectivity index (χ1n) is 6.53. The first kappa shape index (κ1) is 11.5. The van der Waals surface area contributed by atoms with Gasteiger partial charge in [-0.1, -0.05) is 18.9 Å². The molecule has 1 saturated carbocycles. The third-order valence-corrected chi connectivity index (χ3v) is 4.13. The van der Waals surface area contributed by atoms with Crippen LogP contribution in [0.3, 0.4) is 0 Å². The standard InChI is InChI=1S/C14H19N3O/c1-17-9-13(18)16-11-5-4-10(8-12(11)17)14(15)6-2-3-7-14/h4-5,8H,2-3,6-7,9,15H2,1H3,(H,16,18). The minimum absolute atomic E-state index is 0.0427. The average molecular weight is 245 g/mol. The van der Waals surface area contributed by atoms with Crippen molar-refractivity contribution < 1.29 is 4.79 Å². The second-order valence-electron chi connectivity index (χ2n) is 5.50. The fourth-order valence-corrected chi connectivity index (χ4v) is 3.05. The molecule has 0 atom stereocenters. The monoisotopic (exact) mass is 245 g/mol. The highest BCUT2D eigenvalue weighted by molar-refractivity contribution is 6.01. The molecule has 1 fully saturated rings. The predicted molar refractivity (Wildman–Crippen MR) is 72.7 cm³/mol. The first-order valence-corrected chi connectivity index (χ1v) is 6.53. The minimum atomic E-state index is -0.169. The van der Waals surface area contributed by atoms with Gasteiger partial charge in [-0.2, -0.15) is 0 Å². The first-order chi connectivity index (χ1) is 8.58. The van der Waals surface area contributed by atoms with Crippen LogP contribution in [0.4, 0.5) is 11.4 Å². The number of hydrogen-bond donors (Lipinski definition) is 2. The number of carbonyl (C=O) groups is 1. The fourth-order valence-electron chi connectivity index (χ4n) is 3.05. The number of nitrogens with two attached hydrogens (primary N) is 1. The number of likely N-dealkylation sites (N-methyl/N-ethyl adjacent to an activating group) is 1. The molecule has 1 aliphatic heterocycles. The molecule has 1 aromatic rings. The maximum atomic E-state index is 11.5. The molecule has 1 aromatic carbocycles. The summed E-state index contributed by atoms with van der Waals surface area (Å²) in [7, 11) is 1.94. The van der Waals surface area contributed by atoms with Gasteiger partial charge in [0.2, 0.25) is 5.91 Å². The topological polar surface area (TPSA) is 58.4 Å². The van der Waals surface area contributed by atoms with Crippen molar-refractivity contribution in [1.82, 2.24) is 0 Å². The summed E-state index contributed by atoms with van der Waals surface area (Å²) in [5.41, 5.74) is 9.47. The van der Waals surface area contributed by atoms with Gasteiger partial charge >= 0.3 is 0 Å². The van der Waals surface area contributed by atoms with Crippen LogP contribution in [0, 0.1) is 0 Å². The van der Waals surface area contributed by atoms with E-state index in [0.717, 1.165) is 24.2 Å². The maximum absolute atomic E-state index is 11.5. The number of anilines is 2. The Morgan fingerprint density at radius 1 is 1.33 bits per heavy atom. The van der Waals surface area contributed by atoms with Crippen LogP contribution in [-0.4, -0.2) is 19.5 Å². The van der Waals surface area contributed by atoms with Crippen molar-refractivity contribution >= 4 is 17.3 Å². The molecule has 1 aliphatic carbocycles. The van der Waals surface area contributed by atoms with Crippen LogP contribution in [0.25, 0.3) is 0 Å². The number of fused-ring (bicyclic) bond motifs is 1. The molecule has 3 rings (SSSR count). The van der Waals surface area contributed by atoms with E-state index in [1.165, 1.54) is 18.4 Å². The van der Waals surface area contributed by atoms with E-state index >= 15 is 0 Å². The lowest BCUT2D eigenvalue weighted by Crippen LogP contribution is -2.37. The molecule has 1 heterocycles. The molecule has 96 valence electrons. The Bertz CT molecular complexity index is 492. The van der Waals surface area contributed by atoms with Gasteiger partial charge in [0.05, 0.1) is 17.9 Å². The summed E-state index contributed by atoms with van der Waals surface area (Å²) in [6, 6.07) is 6.18. The van der Waals surface area contributed by atoms with E-state index in [1.807, 2.05) is 18.0 Å². The molecule has 0 bridgehead atoms. The van der Waals surface area contributed by atoms with Crippen LogP contribution in [0.5, 0.6) is 0 Å². The second-order valence-corrected chi connectivity index (χ2v) is 5.50. The molecule has 18 heavy (non-hydrogen) atoms. The van der Waals surface area contributed by atoms with Crippen LogP contribution in [0.1, 0.15) is 31.2 Å². The fraction of sp³-hybridized carbons (Fsp3) is 0.500. The van der Waals surface area contributed by atoms with E-state index in [-0.39, 0.29) is 11.4 Å². The molecule has 2 aliphatic rings. The second kappa shape index (κ2) is 3.99. The summed E-state index contributed by atoms with van der Waals surface area (Å²) < 4.78 is 0. The number of hydrogen-bond acceptors (Lipinski definition) is 3. The zero-order valence-corrected chi connectivity index (χ0v) is 10.7. The molecule has 0 spiro atoms. The van der Waals surface area contributed by atoms with Gasteiger partial charge in [0.15, 0.2) is 0 Å². The number of nitrogens with one attached hydrogen (secondary N) is 1. The van der Waals surface area contributed by atoms with E-state index < -0.39 is 0 Å². The summed E-state index contributed by atoms with van der Waals surface area (Å²) in [4.78, 5) is 13.4. The molecule has 4 heteroatoms. The summed E-state index contributed by atoms with van der Waals surface area (Å²) in [5.74, 6) is 0.0427. The van der Waals surface area contributed by atoms with Gasteiger partial charge in [-0.3, -0.25) is 4.79 Å². The molecule has 0 aromatic heterocycles. The molecule has 0 saturated heterocycles. The molecule has 3 N–H and O–H groups in total. The lowest BCUT2D eigenvalue weighted by Gasteiger charge is -2.31. The van der Waals surface area contributed by atoms with Gasteiger partial charge in [0.25, 0.3) is 0 Å². The third-order valence-electron chi connectivity index (χ3n) is 4.13. The van der Waals surface area contributed by atoms with Gasteiger partial charge in [-0.15, -0.1) is 0 Å². The Hall–Kier alpha value is -1.55. The zero-order valence-electron chi connectivity index (χ0n) is 10.7. The van der Waals surface area contributed by atoms with Crippen LogP contribution < -0.4 is 16.0 Å². The molecular formula is C14H19N3O. The lowest BCUT2D eigenvalue weighted by atomic mass is 9.88. The lowest BCUT2D eigenvalue weighted by molar-refractivity contribution is -0.115. The van der Waals surface area contributed by atoms with E-state index in [2.05, 4.69) is 17.4 Å². The summed E-state index contributed by atoms with van der Waals surface area (Å²) in [5, 5.41) is 2.90. The number of rotatable bonds is 1. The number of nitrogens with zero attached hydrogens (tertiary/aromatic N) is 1. The van der Waals surface area contributed by atoms with Crippen molar-refractivity contribution in [2.75, 3.05) is 23.8 Å². The molecule has 0 radical (unpaired) electrons. The number of amides is 1. The van der Waals surface area contributed by atoms with E-state index in [1.54, 1.807) is 0 Å². The smallest absolute Gasteiger partial charge is 0.243 e. The van der Waals surface area contributed by atoms with Crippen molar-refractivity contribution in [2.24, 2.45) is 5.73 Å². The Balaban J connectivity index is 2.00. The predicted octanol–water partition coefficient (Wildman–Crippen LogP) is 1.80. The molecular weight excluding hydrogens is 226 g/mol. The molecule has 1 amide bonds. The van der Waals surface area contributed by atoms with Gasteiger partial charge < -0.3 is 16.0 Å². The van der Waals surface area contributed by atoms with Crippen molar-refractivity contribution in [3.8, 4) is 0 Å². The van der Waals surface area contributed by atoms with Crippen LogP contribution in [0.15, 0.2) is 18.2 Å². The van der Waals surface area contributed by atoms with Crippen LogP contribution >= 0.6 is 0 Å². The van der Waals surface area contributed by atoms with E-state index in [0.29, 0.717) is 6.54 Å². The normalized spacial score (nSPS) is 21.7. The van der Waals surface area contributed by atoms with Crippen LogP contribution in [0.2, 0.25) is 0 Å². The number of carbonyl (C=O) groups excluding carboxylic acids is 1. The third kappa shape index (κ3) is 1.77. The van der Waals surface area contributed by atoms with Gasteiger partial charge in [-0.25, -0.2) is 0 Å². The van der Waals surface area contributed by atoms with E-state index in [4.69, 9.17) is 5.73 Å². The highest BCUT2D eigenvalue weighted by atomic mass is 16.2. The van der Waals surface area contributed by atoms with Gasteiger partial charge in [-0.05, 0) is 30.5 Å². The number of benzene rings is 1. The highest BCUT2D eigenvalue weighted by Gasteiger charge is 2.32. The van der Waals surface area contributed by atoms with E-state index in [9.17, 15) is 4.79 Å². The summed E-state index contributed by atoms with van der Waals surface area (Å²) >= 11 is 0. The van der Waals surface area contributed by atoms with Crippen LogP contribution in [-0.2, 0) is 10.3 Å². The average Bonchev–Trinajstić information content (AvgIpc) is 2.77. The highest BCUT2D eigenvalue weighted by Crippen LogP contribution is 2.39. The Morgan fingerprint density at radius 2 is 2.06 bits per heavy atom. The van der Waals surface area contributed by atoms with Crippen molar-refractivity contribution in [3.63, 3.8) is 0 Å². The Morgan fingerprint density at radius 3 is 2.78 bits per heavy atom. The Labute approximate surface area is 107 Å². The van der Waals surface area contributed by atoms with Gasteiger partial charge in [0, 0.05) is 12.6 Å². The largest absolute Gasteiger partial charge is 0.364 e. The van der Waals surface area contributed by atoms with Crippen molar-refractivity contribution in [2.45, 2.75) is 31.2 Å². The maximum Gasteiger partial charge on any atom is 0.243 e. The van der Waals surface area contributed by atoms with Crippen molar-refractivity contribution in [1.29, 1.82) is 0 Å². The Kier molecular flexibility index (Phi) is 2.55. The molecule has 4 nitrogen and oxygen atoms in total. The quantitative estimate of drug-likeness (QED) is 0.793. The SMILES string of the molecule is CN1CC(=O)Nc2ccc(C3(N)CCCC3)cc21. The van der Waals surface area contributed by atoms with Crippen molar-refractivity contribution in [3.05, 3.63) is 23.8 Å². The minimum Gasteiger partial charge on any atom is -0.364 e. The summed E-state index contributed by atoms with van der Waals surface area (Å²) in [6.07, 6.45) is 4.53.